The van der Waals surface area contributed by atoms with Gasteiger partial charge in [0.15, 0.2) is 11.5 Å². The van der Waals surface area contributed by atoms with Gasteiger partial charge in [-0.3, -0.25) is 0 Å². The summed E-state index contributed by atoms with van der Waals surface area (Å²) in [5.74, 6) is 0.370. The van der Waals surface area contributed by atoms with Gasteiger partial charge < -0.3 is 30.4 Å². The molecule has 2 aromatic rings. The molecule has 8 heteroatoms. The van der Waals surface area contributed by atoms with Crippen LogP contribution >= 0.6 is 0 Å². The summed E-state index contributed by atoms with van der Waals surface area (Å²) in [5.41, 5.74) is 13.2. The first kappa shape index (κ1) is 24.6. The molecular weight excluding hydrogens is 388 g/mol. The molecule has 2 aromatic carbocycles. The van der Waals surface area contributed by atoms with E-state index >= 15 is 0 Å². The second kappa shape index (κ2) is 10.9. The first-order chi connectivity index (χ1) is 14.0. The maximum Gasteiger partial charge on any atom is 0.514 e. The Morgan fingerprint density at radius 1 is 0.833 bits per heavy atom. The van der Waals surface area contributed by atoms with Crippen molar-refractivity contribution in [3.63, 3.8) is 0 Å². The van der Waals surface area contributed by atoms with Gasteiger partial charge in [-0.1, -0.05) is 32.4 Å². The highest BCUT2D eigenvalue weighted by molar-refractivity contribution is 5.77. The molecule has 0 aliphatic carbocycles. The molecular formula is C22H30N2O6. The highest BCUT2D eigenvalue weighted by atomic mass is 16.7. The lowest BCUT2D eigenvalue weighted by molar-refractivity contribution is 0.0207. The molecule has 164 valence electrons. The molecule has 0 unspecified atom stereocenters. The molecule has 0 heterocycles. The average Bonchev–Trinajstić information content (AvgIpc) is 2.64. The van der Waals surface area contributed by atoms with Gasteiger partial charge in [0.05, 0.1) is 18.5 Å². The molecule has 0 bridgehead atoms. The van der Waals surface area contributed by atoms with Gasteiger partial charge in [0.25, 0.3) is 0 Å². The predicted octanol–water partition coefficient (Wildman–Crippen LogP) is 5.39. The molecule has 8 nitrogen and oxygen atoms in total. The minimum absolute atomic E-state index is 0.184. The summed E-state index contributed by atoms with van der Waals surface area (Å²) in [4.78, 5) is 22.9. The molecule has 0 saturated carbocycles. The Labute approximate surface area is 177 Å². The van der Waals surface area contributed by atoms with Crippen LogP contribution in [-0.4, -0.2) is 25.0 Å². The SMILES string of the molecule is CCC.COC(=O)Oc1ccc(-c2ccc(OC(=O)OC(C)(C)C)c(N)c2)cc1N. The Bertz CT molecular complexity index is 874. The molecule has 0 saturated heterocycles. The van der Waals surface area contributed by atoms with Gasteiger partial charge in [-0.15, -0.1) is 0 Å². The largest absolute Gasteiger partial charge is 0.514 e. The number of hydrogen-bond donors (Lipinski definition) is 2. The Morgan fingerprint density at radius 3 is 1.57 bits per heavy atom. The van der Waals surface area contributed by atoms with Gasteiger partial charge in [0.2, 0.25) is 0 Å². The summed E-state index contributed by atoms with van der Waals surface area (Å²) >= 11 is 0. The van der Waals surface area contributed by atoms with Crippen molar-refractivity contribution in [3.05, 3.63) is 36.4 Å². The monoisotopic (exact) mass is 418 g/mol. The molecule has 0 fully saturated rings. The number of carbonyl (C=O) groups excluding carboxylic acids is 2. The Balaban J connectivity index is 0.00000141. The van der Waals surface area contributed by atoms with Crippen LogP contribution in [0.2, 0.25) is 0 Å². The summed E-state index contributed by atoms with van der Waals surface area (Å²) in [6.45, 7) is 9.45. The summed E-state index contributed by atoms with van der Waals surface area (Å²) < 4.78 is 19.6. The second-order valence-corrected chi connectivity index (χ2v) is 7.34. The smallest absolute Gasteiger partial charge is 0.437 e. The lowest BCUT2D eigenvalue weighted by atomic mass is 10.0. The summed E-state index contributed by atoms with van der Waals surface area (Å²) in [7, 11) is 1.20. The van der Waals surface area contributed by atoms with Crippen LogP contribution in [0.15, 0.2) is 36.4 Å². The molecule has 0 radical (unpaired) electrons. The molecule has 30 heavy (non-hydrogen) atoms. The fourth-order valence-electron chi connectivity index (χ4n) is 2.13. The average molecular weight is 418 g/mol. The number of benzene rings is 2. The normalized spacial score (nSPS) is 10.3. The summed E-state index contributed by atoms with van der Waals surface area (Å²) in [6.07, 6.45) is -0.446. The van der Waals surface area contributed by atoms with Crippen molar-refractivity contribution in [2.75, 3.05) is 18.6 Å². The number of ether oxygens (including phenoxy) is 4. The van der Waals surface area contributed by atoms with E-state index in [1.54, 1.807) is 57.2 Å². The van der Waals surface area contributed by atoms with Crippen molar-refractivity contribution < 1.29 is 28.5 Å². The molecule has 0 aliphatic heterocycles. The van der Waals surface area contributed by atoms with Gasteiger partial charge in [0, 0.05) is 0 Å². The van der Waals surface area contributed by atoms with Crippen LogP contribution in [0.4, 0.5) is 21.0 Å². The van der Waals surface area contributed by atoms with E-state index < -0.39 is 17.9 Å². The lowest BCUT2D eigenvalue weighted by Crippen LogP contribution is -2.26. The Kier molecular flexibility index (Phi) is 8.98. The number of nitrogens with two attached hydrogens (primary N) is 2. The van der Waals surface area contributed by atoms with E-state index in [0.29, 0.717) is 0 Å². The van der Waals surface area contributed by atoms with Crippen LogP contribution in [0.5, 0.6) is 11.5 Å². The minimum Gasteiger partial charge on any atom is -0.437 e. The molecule has 2 rings (SSSR count). The first-order valence-electron chi connectivity index (χ1n) is 9.46. The van der Waals surface area contributed by atoms with E-state index in [2.05, 4.69) is 18.6 Å². The standard InChI is InChI=1S/C19H22N2O6.C3H8/c1-19(2,3)27-18(23)26-16-8-6-12(10-14(16)21)11-5-7-15(13(20)9-11)25-17(22)24-4;1-3-2/h5-10H,20-21H2,1-4H3;3H2,1-2H3. The van der Waals surface area contributed by atoms with Crippen LogP contribution in [0, 0.1) is 0 Å². The van der Waals surface area contributed by atoms with Crippen molar-refractivity contribution in [1.82, 2.24) is 0 Å². The third-order valence-corrected chi connectivity index (χ3v) is 3.30. The zero-order chi connectivity index (χ0) is 22.9. The highest BCUT2D eigenvalue weighted by Gasteiger charge is 2.19. The highest BCUT2D eigenvalue weighted by Crippen LogP contribution is 2.32. The fourth-order valence-corrected chi connectivity index (χ4v) is 2.13. The van der Waals surface area contributed by atoms with Crippen molar-refractivity contribution >= 4 is 23.7 Å². The zero-order valence-corrected chi connectivity index (χ0v) is 18.3. The van der Waals surface area contributed by atoms with E-state index in [9.17, 15) is 9.59 Å². The van der Waals surface area contributed by atoms with E-state index in [1.165, 1.54) is 13.5 Å². The third kappa shape index (κ3) is 7.90. The molecule has 0 aliphatic rings. The van der Waals surface area contributed by atoms with Crippen molar-refractivity contribution in [3.8, 4) is 22.6 Å². The number of rotatable bonds is 3. The first-order valence-corrected chi connectivity index (χ1v) is 9.46. The van der Waals surface area contributed by atoms with Crippen LogP contribution in [-0.2, 0) is 9.47 Å². The van der Waals surface area contributed by atoms with E-state index in [4.69, 9.17) is 25.7 Å². The van der Waals surface area contributed by atoms with E-state index in [-0.39, 0.29) is 22.9 Å². The number of carbonyl (C=O) groups is 2. The van der Waals surface area contributed by atoms with Crippen molar-refractivity contribution in [2.45, 2.75) is 46.6 Å². The number of nitrogen functional groups attached to an aromatic ring is 2. The van der Waals surface area contributed by atoms with Crippen LogP contribution in [0.1, 0.15) is 41.0 Å². The zero-order valence-electron chi connectivity index (χ0n) is 18.3. The predicted molar refractivity (Wildman–Crippen MR) is 117 cm³/mol. The van der Waals surface area contributed by atoms with Gasteiger partial charge in [0.1, 0.15) is 5.60 Å². The molecule has 0 aromatic heterocycles. The van der Waals surface area contributed by atoms with E-state index in [0.717, 1.165) is 11.1 Å². The second-order valence-electron chi connectivity index (χ2n) is 7.34. The number of hydrogen-bond acceptors (Lipinski definition) is 8. The van der Waals surface area contributed by atoms with Crippen LogP contribution < -0.4 is 20.9 Å². The maximum atomic E-state index is 11.8. The van der Waals surface area contributed by atoms with Gasteiger partial charge in [-0.05, 0) is 56.2 Å². The molecule has 0 spiro atoms. The summed E-state index contributed by atoms with van der Waals surface area (Å²) in [6, 6.07) is 9.78. The van der Waals surface area contributed by atoms with Crippen molar-refractivity contribution in [2.24, 2.45) is 0 Å². The maximum absolute atomic E-state index is 11.8. The fraction of sp³-hybridized carbons (Fsp3) is 0.364. The van der Waals surface area contributed by atoms with E-state index in [1.807, 2.05) is 0 Å². The minimum atomic E-state index is -0.859. The Hall–Kier alpha value is -3.42. The number of methoxy groups -OCH3 is 1. The quantitative estimate of drug-likeness (QED) is 0.386. The number of anilines is 2. The molecule has 0 atom stereocenters. The lowest BCUT2D eigenvalue weighted by Gasteiger charge is -2.19. The summed E-state index contributed by atoms with van der Waals surface area (Å²) in [5, 5.41) is 0. The van der Waals surface area contributed by atoms with Crippen molar-refractivity contribution in [1.29, 1.82) is 0 Å². The molecule has 0 amide bonds. The molecule has 4 N–H and O–H groups in total. The topological polar surface area (TPSA) is 123 Å². The van der Waals surface area contributed by atoms with Gasteiger partial charge >= 0.3 is 12.3 Å². The van der Waals surface area contributed by atoms with Gasteiger partial charge in [-0.2, -0.15) is 0 Å². The Morgan fingerprint density at radius 2 is 1.23 bits per heavy atom. The van der Waals surface area contributed by atoms with Crippen LogP contribution in [0.3, 0.4) is 0 Å². The van der Waals surface area contributed by atoms with Crippen LogP contribution in [0.25, 0.3) is 11.1 Å². The third-order valence-electron chi connectivity index (χ3n) is 3.30. The van der Waals surface area contributed by atoms with Gasteiger partial charge in [-0.25, -0.2) is 9.59 Å².